The predicted molar refractivity (Wildman–Crippen MR) is 115 cm³/mol. The Morgan fingerprint density at radius 2 is 1.90 bits per heavy atom. The zero-order valence-corrected chi connectivity index (χ0v) is 17.2. The molecule has 1 fully saturated rings. The van der Waals surface area contributed by atoms with Gasteiger partial charge in [0.1, 0.15) is 5.82 Å². The Morgan fingerprint density at radius 3 is 2.66 bits per heavy atom. The number of benzene rings is 1. The van der Waals surface area contributed by atoms with E-state index in [0.29, 0.717) is 6.54 Å². The van der Waals surface area contributed by atoms with Gasteiger partial charge in [0.25, 0.3) is 0 Å². The van der Waals surface area contributed by atoms with Crippen LogP contribution in [0.5, 0.6) is 0 Å². The Labute approximate surface area is 171 Å². The highest BCUT2D eigenvalue weighted by atomic mass is 16.2. The van der Waals surface area contributed by atoms with Gasteiger partial charge >= 0.3 is 6.03 Å². The Hall–Kier alpha value is -3.15. The smallest absolute Gasteiger partial charge is 0.321 e. The number of hydrogen-bond donors (Lipinski definition) is 1. The van der Waals surface area contributed by atoms with E-state index in [1.165, 1.54) is 11.1 Å². The molecule has 0 saturated carbocycles. The minimum atomic E-state index is -0.0406. The lowest BCUT2D eigenvalue weighted by atomic mass is 10.0. The molecule has 4 rings (SSSR count). The van der Waals surface area contributed by atoms with E-state index in [2.05, 4.69) is 40.6 Å². The van der Waals surface area contributed by atoms with Gasteiger partial charge in [-0.3, -0.25) is 4.98 Å². The number of nitrogens with one attached hydrogen (secondary N) is 1. The van der Waals surface area contributed by atoms with Crippen LogP contribution in [-0.2, 0) is 0 Å². The average Bonchev–Trinajstić information content (AvgIpc) is 3.13. The number of anilines is 1. The van der Waals surface area contributed by atoms with Crippen molar-refractivity contribution in [3.63, 3.8) is 0 Å². The van der Waals surface area contributed by atoms with Crippen LogP contribution >= 0.6 is 0 Å². The largest absolute Gasteiger partial charge is 0.324 e. The Bertz CT molecular complexity index is 1010. The van der Waals surface area contributed by atoms with E-state index in [1.54, 1.807) is 12.4 Å². The van der Waals surface area contributed by atoms with E-state index < -0.39 is 0 Å². The number of aromatic nitrogens is 3. The molecular weight excluding hydrogens is 362 g/mol. The number of rotatable bonds is 3. The molecule has 2 aromatic heterocycles. The second-order valence-electron chi connectivity index (χ2n) is 7.80. The molecule has 6 heteroatoms. The molecule has 0 radical (unpaired) electrons. The normalized spacial score (nSPS) is 16.7. The third-order valence-corrected chi connectivity index (χ3v) is 5.73. The van der Waals surface area contributed by atoms with Gasteiger partial charge in [0.05, 0.1) is 6.04 Å². The standard InChI is InChI=1S/C23H27N5O/c1-16-6-7-20(13-17(16)2)26-23(29)27-12-4-5-21(15-27)28-18(3)14-25-22(28)19-8-10-24-11-9-19/h6-11,13-14,21H,4-5,12,15H2,1-3H3,(H,26,29). The highest BCUT2D eigenvalue weighted by molar-refractivity contribution is 5.89. The van der Waals surface area contributed by atoms with Crippen LogP contribution in [0.4, 0.5) is 10.5 Å². The van der Waals surface area contributed by atoms with Gasteiger partial charge in [-0.15, -0.1) is 0 Å². The maximum absolute atomic E-state index is 12.9. The highest BCUT2D eigenvalue weighted by Crippen LogP contribution is 2.29. The van der Waals surface area contributed by atoms with E-state index in [0.717, 1.165) is 42.2 Å². The molecule has 1 unspecified atom stereocenters. The molecule has 0 aliphatic carbocycles. The van der Waals surface area contributed by atoms with Crippen molar-refractivity contribution < 1.29 is 4.79 Å². The molecule has 3 heterocycles. The molecule has 1 aliphatic rings. The molecule has 6 nitrogen and oxygen atoms in total. The molecule has 0 bridgehead atoms. The van der Waals surface area contributed by atoms with Crippen LogP contribution in [0.2, 0.25) is 0 Å². The van der Waals surface area contributed by atoms with Gasteiger partial charge < -0.3 is 14.8 Å². The maximum atomic E-state index is 12.9. The van der Waals surface area contributed by atoms with Crippen LogP contribution in [-0.4, -0.2) is 38.6 Å². The third-order valence-electron chi connectivity index (χ3n) is 5.73. The maximum Gasteiger partial charge on any atom is 0.321 e. The Kier molecular flexibility index (Phi) is 5.34. The van der Waals surface area contributed by atoms with Crippen LogP contribution in [0.1, 0.15) is 35.7 Å². The first-order chi connectivity index (χ1) is 14.0. The number of nitrogens with zero attached hydrogens (tertiary/aromatic N) is 4. The van der Waals surface area contributed by atoms with Gasteiger partial charge in [-0.25, -0.2) is 9.78 Å². The lowest BCUT2D eigenvalue weighted by Crippen LogP contribution is -2.43. The van der Waals surface area contributed by atoms with Gasteiger partial charge in [-0.05, 0) is 69.0 Å². The third kappa shape index (κ3) is 4.01. The number of amides is 2. The number of imidazole rings is 1. The topological polar surface area (TPSA) is 63.1 Å². The van der Waals surface area contributed by atoms with Crippen molar-refractivity contribution >= 4 is 11.7 Å². The van der Waals surface area contributed by atoms with Gasteiger partial charge in [-0.1, -0.05) is 6.07 Å². The SMILES string of the molecule is Cc1ccc(NC(=O)N2CCCC(n3c(C)cnc3-c3ccncc3)C2)cc1C. The first-order valence-electron chi connectivity index (χ1n) is 10.1. The van der Waals surface area contributed by atoms with Crippen LogP contribution < -0.4 is 5.32 Å². The molecule has 150 valence electrons. The Morgan fingerprint density at radius 1 is 1.10 bits per heavy atom. The lowest BCUT2D eigenvalue weighted by molar-refractivity contribution is 0.178. The fraction of sp³-hybridized carbons (Fsp3) is 0.348. The number of likely N-dealkylation sites (tertiary alicyclic amines) is 1. The quantitative estimate of drug-likeness (QED) is 0.704. The number of piperidine rings is 1. The summed E-state index contributed by atoms with van der Waals surface area (Å²) >= 11 is 0. The summed E-state index contributed by atoms with van der Waals surface area (Å²) in [6, 6.07) is 10.1. The molecule has 1 aliphatic heterocycles. The van der Waals surface area contributed by atoms with Gasteiger partial charge in [0, 0.05) is 48.6 Å². The highest BCUT2D eigenvalue weighted by Gasteiger charge is 2.27. The molecule has 1 aromatic carbocycles. The summed E-state index contributed by atoms with van der Waals surface area (Å²) in [5.74, 6) is 0.936. The van der Waals surface area contributed by atoms with Crippen molar-refractivity contribution in [1.29, 1.82) is 0 Å². The van der Waals surface area contributed by atoms with E-state index >= 15 is 0 Å². The van der Waals surface area contributed by atoms with E-state index in [-0.39, 0.29) is 12.1 Å². The monoisotopic (exact) mass is 389 g/mol. The van der Waals surface area contributed by atoms with Crippen molar-refractivity contribution in [2.75, 3.05) is 18.4 Å². The van der Waals surface area contributed by atoms with E-state index in [9.17, 15) is 4.79 Å². The number of aryl methyl sites for hydroxylation is 3. The zero-order chi connectivity index (χ0) is 20.4. The van der Waals surface area contributed by atoms with Crippen molar-refractivity contribution in [3.05, 3.63) is 65.7 Å². The van der Waals surface area contributed by atoms with Crippen molar-refractivity contribution in [1.82, 2.24) is 19.4 Å². The molecule has 1 atom stereocenters. The molecule has 3 aromatic rings. The number of pyridine rings is 1. The summed E-state index contributed by atoms with van der Waals surface area (Å²) in [7, 11) is 0. The molecule has 1 N–H and O–H groups in total. The predicted octanol–water partition coefficient (Wildman–Crippen LogP) is 4.74. The second-order valence-corrected chi connectivity index (χ2v) is 7.80. The second kappa shape index (κ2) is 8.07. The molecule has 29 heavy (non-hydrogen) atoms. The van der Waals surface area contributed by atoms with Crippen LogP contribution in [0, 0.1) is 20.8 Å². The summed E-state index contributed by atoms with van der Waals surface area (Å²) in [6.45, 7) is 7.65. The van der Waals surface area contributed by atoms with Gasteiger partial charge in [0.2, 0.25) is 0 Å². The first kappa shape index (κ1) is 19.2. The van der Waals surface area contributed by atoms with E-state index in [1.807, 2.05) is 41.4 Å². The van der Waals surface area contributed by atoms with Gasteiger partial charge in [-0.2, -0.15) is 0 Å². The molecular formula is C23H27N5O. The molecule has 2 amide bonds. The van der Waals surface area contributed by atoms with Gasteiger partial charge in [0.15, 0.2) is 0 Å². The fourth-order valence-corrected chi connectivity index (χ4v) is 3.99. The minimum Gasteiger partial charge on any atom is -0.324 e. The number of carbonyl (C=O) groups excluding carboxylic acids is 1. The van der Waals surface area contributed by atoms with Crippen molar-refractivity contribution in [2.24, 2.45) is 0 Å². The summed E-state index contributed by atoms with van der Waals surface area (Å²) in [5.41, 5.74) is 5.40. The first-order valence-corrected chi connectivity index (χ1v) is 10.1. The Balaban J connectivity index is 1.52. The van der Waals surface area contributed by atoms with Crippen LogP contribution in [0.15, 0.2) is 48.9 Å². The average molecular weight is 390 g/mol. The minimum absolute atomic E-state index is 0.0406. The molecule has 0 spiro atoms. The number of hydrogen-bond acceptors (Lipinski definition) is 3. The van der Waals surface area contributed by atoms with E-state index in [4.69, 9.17) is 0 Å². The van der Waals surface area contributed by atoms with Crippen molar-refractivity contribution in [3.8, 4) is 11.4 Å². The lowest BCUT2D eigenvalue weighted by Gasteiger charge is -2.34. The summed E-state index contributed by atoms with van der Waals surface area (Å²) in [4.78, 5) is 23.6. The van der Waals surface area contributed by atoms with Crippen LogP contribution in [0.3, 0.4) is 0 Å². The molecule has 1 saturated heterocycles. The number of urea groups is 1. The van der Waals surface area contributed by atoms with Crippen molar-refractivity contribution in [2.45, 2.75) is 39.7 Å². The summed E-state index contributed by atoms with van der Waals surface area (Å²) in [6.07, 6.45) is 7.48. The van der Waals surface area contributed by atoms with Crippen LogP contribution in [0.25, 0.3) is 11.4 Å². The zero-order valence-electron chi connectivity index (χ0n) is 17.2. The summed E-state index contributed by atoms with van der Waals surface area (Å²) < 4.78 is 2.27. The fourth-order valence-electron chi connectivity index (χ4n) is 3.99. The number of carbonyl (C=O) groups is 1. The summed E-state index contributed by atoms with van der Waals surface area (Å²) in [5, 5.41) is 3.06.